The number of rotatable bonds is 4. The molecule has 0 aromatic heterocycles. The van der Waals surface area contributed by atoms with Crippen molar-refractivity contribution in [1.82, 2.24) is 5.32 Å². The van der Waals surface area contributed by atoms with E-state index < -0.39 is 12.8 Å². The van der Waals surface area contributed by atoms with E-state index >= 15 is 0 Å². The van der Waals surface area contributed by atoms with Crippen LogP contribution < -0.4 is 15.4 Å². The van der Waals surface area contributed by atoms with Crippen LogP contribution in [0.4, 0.5) is 18.9 Å². The summed E-state index contributed by atoms with van der Waals surface area (Å²) >= 11 is 0. The molecule has 0 aliphatic carbocycles. The first-order chi connectivity index (χ1) is 9.94. The Kier molecular flexibility index (Phi) is 6.96. The highest BCUT2D eigenvalue weighted by Gasteiger charge is 2.28. The van der Waals surface area contributed by atoms with Crippen LogP contribution in [0.2, 0.25) is 0 Å². The fraction of sp³-hybridized carbons (Fsp3) is 0.500. The van der Waals surface area contributed by atoms with Gasteiger partial charge in [0.2, 0.25) is 5.91 Å². The third-order valence-electron chi connectivity index (χ3n) is 3.13. The summed E-state index contributed by atoms with van der Waals surface area (Å²) < 4.78 is 40.9. The van der Waals surface area contributed by atoms with Crippen molar-refractivity contribution in [2.24, 2.45) is 0 Å². The normalized spacial score (nSPS) is 18.2. The van der Waals surface area contributed by atoms with Crippen LogP contribution in [0, 0.1) is 0 Å². The molecule has 0 saturated carbocycles. The van der Waals surface area contributed by atoms with Crippen molar-refractivity contribution >= 4 is 24.0 Å². The molecule has 1 saturated heterocycles. The Morgan fingerprint density at radius 3 is 2.77 bits per heavy atom. The lowest BCUT2D eigenvalue weighted by molar-refractivity contribution is -0.153. The molecule has 0 bridgehead atoms. The van der Waals surface area contributed by atoms with Gasteiger partial charge in [0.1, 0.15) is 5.75 Å². The number of hydrogen-bond donors (Lipinski definition) is 2. The maximum Gasteiger partial charge on any atom is 0.422 e. The Morgan fingerprint density at radius 2 is 2.14 bits per heavy atom. The Balaban J connectivity index is 0.00000242. The second-order valence-corrected chi connectivity index (χ2v) is 4.92. The van der Waals surface area contributed by atoms with Crippen molar-refractivity contribution in [3.05, 3.63) is 24.3 Å². The lowest BCUT2D eigenvalue weighted by Crippen LogP contribution is -2.43. The zero-order valence-electron chi connectivity index (χ0n) is 11.8. The summed E-state index contributed by atoms with van der Waals surface area (Å²) in [6.07, 6.45) is -1.59. The van der Waals surface area contributed by atoms with Crippen LogP contribution in [0.5, 0.6) is 5.75 Å². The van der Waals surface area contributed by atoms with Gasteiger partial charge in [-0.15, -0.1) is 12.4 Å². The van der Waals surface area contributed by atoms with Gasteiger partial charge in [-0.2, -0.15) is 13.2 Å². The van der Waals surface area contributed by atoms with Crippen molar-refractivity contribution in [3.8, 4) is 5.75 Å². The van der Waals surface area contributed by atoms with Gasteiger partial charge in [-0.1, -0.05) is 12.5 Å². The van der Waals surface area contributed by atoms with Gasteiger partial charge in [-0.3, -0.25) is 4.79 Å². The van der Waals surface area contributed by atoms with E-state index in [1.54, 1.807) is 6.07 Å². The van der Waals surface area contributed by atoms with Crippen LogP contribution in [0.1, 0.15) is 19.3 Å². The van der Waals surface area contributed by atoms with Crippen molar-refractivity contribution in [1.29, 1.82) is 0 Å². The Labute approximate surface area is 132 Å². The molecule has 1 unspecified atom stereocenters. The monoisotopic (exact) mass is 338 g/mol. The van der Waals surface area contributed by atoms with Crippen molar-refractivity contribution < 1.29 is 22.7 Å². The van der Waals surface area contributed by atoms with E-state index in [0.29, 0.717) is 5.69 Å². The molecule has 2 N–H and O–H groups in total. The quantitative estimate of drug-likeness (QED) is 0.887. The first kappa shape index (κ1) is 18.6. The van der Waals surface area contributed by atoms with Crippen molar-refractivity contribution in [2.45, 2.75) is 31.5 Å². The predicted octanol–water partition coefficient (Wildman–Crippen LogP) is 3.13. The predicted molar refractivity (Wildman–Crippen MR) is 79.5 cm³/mol. The molecular formula is C14H18ClF3N2O2. The van der Waals surface area contributed by atoms with Gasteiger partial charge in [0.25, 0.3) is 0 Å². The molecule has 1 amide bonds. The highest BCUT2D eigenvalue weighted by Crippen LogP contribution is 2.21. The number of carbonyl (C=O) groups is 1. The number of benzene rings is 1. The molecule has 1 heterocycles. The van der Waals surface area contributed by atoms with E-state index in [1.807, 2.05) is 0 Å². The first-order valence-electron chi connectivity index (χ1n) is 6.78. The maximum atomic E-state index is 12.1. The van der Waals surface area contributed by atoms with Gasteiger partial charge in [0, 0.05) is 11.8 Å². The van der Waals surface area contributed by atoms with E-state index in [1.165, 1.54) is 18.2 Å². The molecule has 1 aliphatic rings. The van der Waals surface area contributed by atoms with Gasteiger partial charge in [-0.25, -0.2) is 0 Å². The van der Waals surface area contributed by atoms with Gasteiger partial charge in [0.05, 0.1) is 6.04 Å². The molecule has 0 spiro atoms. The summed E-state index contributed by atoms with van der Waals surface area (Å²) in [6.45, 7) is -0.554. The molecule has 1 aromatic carbocycles. The summed E-state index contributed by atoms with van der Waals surface area (Å²) in [5.74, 6) is -0.107. The first-order valence-corrected chi connectivity index (χ1v) is 6.78. The van der Waals surface area contributed by atoms with E-state index in [0.717, 1.165) is 25.8 Å². The maximum absolute atomic E-state index is 12.1. The molecule has 22 heavy (non-hydrogen) atoms. The highest BCUT2D eigenvalue weighted by atomic mass is 35.5. The Hall–Kier alpha value is -1.47. The molecule has 1 atom stereocenters. The Morgan fingerprint density at radius 1 is 1.36 bits per heavy atom. The lowest BCUT2D eigenvalue weighted by Gasteiger charge is -2.22. The third-order valence-corrected chi connectivity index (χ3v) is 3.13. The number of anilines is 1. The van der Waals surface area contributed by atoms with Gasteiger partial charge >= 0.3 is 6.18 Å². The fourth-order valence-corrected chi connectivity index (χ4v) is 2.13. The summed E-state index contributed by atoms with van der Waals surface area (Å²) in [5, 5.41) is 5.79. The molecule has 1 fully saturated rings. The molecule has 8 heteroatoms. The lowest BCUT2D eigenvalue weighted by atomic mass is 10.0. The molecule has 1 aliphatic heterocycles. The number of piperidine rings is 1. The number of alkyl halides is 3. The van der Waals surface area contributed by atoms with Crippen LogP contribution in [-0.2, 0) is 4.79 Å². The standard InChI is InChI=1S/C14H17F3N2O2.ClH/c15-14(16,17)9-21-11-5-3-4-10(8-11)19-13(20)12-6-1-2-7-18-12;/h3-5,8,12,18H,1-2,6-7,9H2,(H,19,20);1H. The van der Waals surface area contributed by atoms with E-state index in [9.17, 15) is 18.0 Å². The van der Waals surface area contributed by atoms with Gasteiger partial charge in [0.15, 0.2) is 6.61 Å². The molecule has 1 aromatic rings. The molecular weight excluding hydrogens is 321 g/mol. The number of nitrogens with one attached hydrogen (secondary N) is 2. The average Bonchev–Trinajstić information content (AvgIpc) is 2.46. The van der Waals surface area contributed by atoms with Gasteiger partial charge in [-0.05, 0) is 31.5 Å². The summed E-state index contributed by atoms with van der Waals surface area (Å²) in [4.78, 5) is 12.0. The minimum absolute atomic E-state index is 0. The largest absolute Gasteiger partial charge is 0.484 e. The van der Waals surface area contributed by atoms with E-state index in [2.05, 4.69) is 15.4 Å². The molecule has 124 valence electrons. The summed E-state index contributed by atoms with van der Waals surface area (Å²) in [7, 11) is 0. The zero-order chi connectivity index (χ0) is 15.3. The SMILES string of the molecule is Cl.O=C(Nc1cccc(OCC(F)(F)F)c1)C1CCCCN1. The third kappa shape index (κ3) is 6.11. The molecule has 0 radical (unpaired) electrons. The van der Waals surface area contributed by atoms with E-state index in [4.69, 9.17) is 0 Å². The average molecular weight is 339 g/mol. The number of hydrogen-bond acceptors (Lipinski definition) is 3. The second kappa shape index (κ2) is 8.24. The highest BCUT2D eigenvalue weighted by molar-refractivity contribution is 5.95. The van der Waals surface area contributed by atoms with Crippen molar-refractivity contribution in [3.63, 3.8) is 0 Å². The zero-order valence-corrected chi connectivity index (χ0v) is 12.6. The number of amides is 1. The smallest absolute Gasteiger partial charge is 0.422 e. The molecule has 2 rings (SSSR count). The topological polar surface area (TPSA) is 50.4 Å². The van der Waals surface area contributed by atoms with Gasteiger partial charge < -0.3 is 15.4 Å². The van der Waals surface area contributed by atoms with Crippen LogP contribution in [0.25, 0.3) is 0 Å². The Bertz CT molecular complexity index is 491. The van der Waals surface area contributed by atoms with Crippen LogP contribution in [0.3, 0.4) is 0 Å². The summed E-state index contributed by atoms with van der Waals surface area (Å²) in [5.41, 5.74) is 0.423. The summed E-state index contributed by atoms with van der Waals surface area (Å²) in [6, 6.07) is 5.70. The van der Waals surface area contributed by atoms with E-state index in [-0.39, 0.29) is 30.1 Å². The molecule has 4 nitrogen and oxygen atoms in total. The minimum atomic E-state index is -4.38. The van der Waals surface area contributed by atoms with Crippen LogP contribution >= 0.6 is 12.4 Å². The minimum Gasteiger partial charge on any atom is -0.484 e. The second-order valence-electron chi connectivity index (χ2n) is 4.92. The van der Waals surface area contributed by atoms with Crippen molar-refractivity contribution in [2.75, 3.05) is 18.5 Å². The van der Waals surface area contributed by atoms with Crippen LogP contribution in [-0.4, -0.2) is 31.3 Å². The number of ether oxygens (including phenoxy) is 1. The number of halogens is 4. The number of carbonyl (C=O) groups excluding carboxylic acids is 1. The fourth-order valence-electron chi connectivity index (χ4n) is 2.13. The van der Waals surface area contributed by atoms with Crippen LogP contribution in [0.15, 0.2) is 24.3 Å².